The molecule has 0 bridgehead atoms. The molecule has 0 aliphatic rings. The van der Waals surface area contributed by atoms with E-state index in [1.165, 1.54) is 24.3 Å². The Labute approximate surface area is 141 Å². The van der Waals surface area contributed by atoms with Crippen molar-refractivity contribution in [1.82, 2.24) is 10.1 Å². The molecule has 0 unspecified atom stereocenters. The Balaban J connectivity index is 1.81. The third-order valence-corrected chi connectivity index (χ3v) is 3.03. The number of alkyl halides is 3. The van der Waals surface area contributed by atoms with Crippen molar-refractivity contribution in [3.05, 3.63) is 47.1 Å². The molecule has 25 heavy (non-hydrogen) atoms. The number of nitrogens with zero attached hydrogens (tertiary/aromatic N) is 2. The molecule has 1 aromatic carbocycles. The van der Waals surface area contributed by atoms with Gasteiger partial charge in [-0.15, -0.1) is 0 Å². The molecular formula is C16H17F3N2O4. The number of hydrogen-bond donors (Lipinski definition) is 0. The zero-order valence-corrected chi connectivity index (χ0v) is 13.5. The molecule has 0 saturated heterocycles. The van der Waals surface area contributed by atoms with E-state index < -0.39 is 18.8 Å². The molecule has 0 fully saturated rings. The molecule has 0 aliphatic heterocycles. The number of ether oxygens (including phenoxy) is 2. The summed E-state index contributed by atoms with van der Waals surface area (Å²) in [6.45, 7) is 0.317. The average Bonchev–Trinajstić information content (AvgIpc) is 3.00. The Morgan fingerprint density at radius 3 is 2.56 bits per heavy atom. The molecule has 0 radical (unpaired) electrons. The van der Waals surface area contributed by atoms with Gasteiger partial charge in [-0.25, -0.2) is 4.79 Å². The maximum atomic E-state index is 12.0. The summed E-state index contributed by atoms with van der Waals surface area (Å²) in [6.07, 6.45) is -2.82. The van der Waals surface area contributed by atoms with Crippen molar-refractivity contribution in [1.29, 1.82) is 0 Å². The van der Waals surface area contributed by atoms with Crippen molar-refractivity contribution in [2.24, 2.45) is 0 Å². The van der Waals surface area contributed by atoms with Crippen molar-refractivity contribution in [2.45, 2.75) is 39.2 Å². The molecule has 0 spiro atoms. The van der Waals surface area contributed by atoms with Gasteiger partial charge in [-0.1, -0.05) is 24.2 Å². The fraction of sp³-hybridized carbons (Fsp3) is 0.438. The summed E-state index contributed by atoms with van der Waals surface area (Å²) in [5, 5.41) is 3.74. The van der Waals surface area contributed by atoms with E-state index in [9.17, 15) is 18.0 Å². The van der Waals surface area contributed by atoms with E-state index >= 15 is 0 Å². The second-order valence-corrected chi connectivity index (χ2v) is 5.24. The van der Waals surface area contributed by atoms with E-state index in [-0.39, 0.29) is 24.7 Å². The van der Waals surface area contributed by atoms with Crippen LogP contribution in [-0.4, -0.2) is 28.9 Å². The fourth-order valence-electron chi connectivity index (χ4n) is 1.91. The monoisotopic (exact) mass is 358 g/mol. The highest BCUT2D eigenvalue weighted by molar-refractivity contribution is 5.89. The number of halogens is 3. The zero-order valence-electron chi connectivity index (χ0n) is 13.5. The lowest BCUT2D eigenvalue weighted by Crippen LogP contribution is -2.16. The Kier molecular flexibility index (Phi) is 6.51. The minimum absolute atomic E-state index is 0.147. The number of aryl methyl sites for hydroxylation is 1. The van der Waals surface area contributed by atoms with Gasteiger partial charge in [0.05, 0.1) is 12.2 Å². The maximum absolute atomic E-state index is 12.0. The van der Waals surface area contributed by atoms with E-state index in [0.29, 0.717) is 17.8 Å². The smallest absolute Gasteiger partial charge is 0.411 e. The van der Waals surface area contributed by atoms with Crippen molar-refractivity contribution in [3.8, 4) is 0 Å². The fourth-order valence-corrected chi connectivity index (χ4v) is 1.91. The van der Waals surface area contributed by atoms with E-state index in [1.54, 1.807) is 0 Å². The van der Waals surface area contributed by atoms with Gasteiger partial charge < -0.3 is 14.0 Å². The first-order valence-corrected chi connectivity index (χ1v) is 7.59. The van der Waals surface area contributed by atoms with E-state index in [4.69, 9.17) is 9.26 Å². The Hall–Kier alpha value is -2.42. The van der Waals surface area contributed by atoms with Crippen LogP contribution in [0.1, 0.15) is 41.0 Å². The van der Waals surface area contributed by atoms with Gasteiger partial charge in [0.25, 0.3) is 5.89 Å². The first-order valence-electron chi connectivity index (χ1n) is 7.59. The molecule has 1 heterocycles. The summed E-state index contributed by atoms with van der Waals surface area (Å²) >= 11 is 0. The molecule has 9 heteroatoms. The number of esters is 1. The average molecular weight is 358 g/mol. The number of benzene rings is 1. The predicted molar refractivity (Wildman–Crippen MR) is 79.6 cm³/mol. The van der Waals surface area contributed by atoms with Crippen LogP contribution < -0.4 is 0 Å². The van der Waals surface area contributed by atoms with Crippen LogP contribution in [0, 0.1) is 0 Å². The molecule has 1 aromatic heterocycles. The van der Waals surface area contributed by atoms with Crippen LogP contribution in [0.2, 0.25) is 0 Å². The van der Waals surface area contributed by atoms with Crippen LogP contribution >= 0.6 is 0 Å². The Morgan fingerprint density at radius 2 is 1.92 bits per heavy atom. The lowest BCUT2D eigenvalue weighted by molar-refractivity contribution is -0.176. The lowest BCUT2D eigenvalue weighted by Gasteiger charge is -2.08. The van der Waals surface area contributed by atoms with Gasteiger partial charge in [0.1, 0.15) is 6.61 Å². The van der Waals surface area contributed by atoms with Crippen LogP contribution in [0.15, 0.2) is 28.8 Å². The first kappa shape index (κ1) is 18.9. The molecule has 0 aliphatic carbocycles. The van der Waals surface area contributed by atoms with Crippen LogP contribution in [0.3, 0.4) is 0 Å². The molecule has 6 nitrogen and oxygen atoms in total. The zero-order chi connectivity index (χ0) is 18.3. The molecule has 0 saturated carbocycles. The summed E-state index contributed by atoms with van der Waals surface area (Å²) in [4.78, 5) is 16.0. The summed E-state index contributed by atoms with van der Waals surface area (Å²) in [5.41, 5.74) is 0.773. The number of carbonyl (C=O) groups excluding carboxylic acids is 1. The predicted octanol–water partition coefficient (Wildman–Crippen LogP) is 3.46. The van der Waals surface area contributed by atoms with Crippen LogP contribution in [0.25, 0.3) is 0 Å². The maximum Gasteiger partial charge on any atom is 0.411 e. The summed E-state index contributed by atoms with van der Waals surface area (Å²) < 4.78 is 50.5. The minimum atomic E-state index is -4.37. The van der Waals surface area contributed by atoms with Gasteiger partial charge in [-0.3, -0.25) is 0 Å². The molecule has 0 atom stereocenters. The van der Waals surface area contributed by atoms with Crippen LogP contribution in [0.4, 0.5) is 13.2 Å². The number of aromatic nitrogens is 2. The van der Waals surface area contributed by atoms with Crippen LogP contribution in [0.5, 0.6) is 0 Å². The van der Waals surface area contributed by atoms with Gasteiger partial charge in [0, 0.05) is 6.42 Å². The third-order valence-electron chi connectivity index (χ3n) is 3.03. The standard InChI is InChI=1S/C16H17F3N2O4/c1-2-3-13-20-14(25-21-13)9-24-15(22)12-6-4-11(5-7-12)8-23-10-16(17,18)19/h4-7H,2-3,8-10H2,1H3. The van der Waals surface area contributed by atoms with Gasteiger partial charge in [-0.2, -0.15) is 18.2 Å². The van der Waals surface area contributed by atoms with Gasteiger partial charge in [0.2, 0.25) is 0 Å². The van der Waals surface area contributed by atoms with Crippen molar-refractivity contribution in [3.63, 3.8) is 0 Å². The molecule has 2 aromatic rings. The van der Waals surface area contributed by atoms with Gasteiger partial charge >= 0.3 is 12.1 Å². The van der Waals surface area contributed by atoms with E-state index in [1.807, 2.05) is 6.92 Å². The third kappa shape index (κ3) is 6.54. The second kappa shape index (κ2) is 8.61. The van der Waals surface area contributed by atoms with Gasteiger partial charge in [-0.05, 0) is 24.1 Å². The SMILES string of the molecule is CCCc1noc(COC(=O)c2ccc(COCC(F)(F)F)cc2)n1. The largest absolute Gasteiger partial charge is 0.452 e. The Morgan fingerprint density at radius 1 is 1.20 bits per heavy atom. The molecule has 0 amide bonds. The lowest BCUT2D eigenvalue weighted by atomic mass is 10.1. The van der Waals surface area contributed by atoms with E-state index in [0.717, 1.165) is 6.42 Å². The van der Waals surface area contributed by atoms with Crippen molar-refractivity contribution < 1.29 is 32.0 Å². The molecule has 136 valence electrons. The number of carbonyl (C=O) groups is 1. The normalized spacial score (nSPS) is 11.5. The van der Waals surface area contributed by atoms with Gasteiger partial charge in [0.15, 0.2) is 12.4 Å². The second-order valence-electron chi connectivity index (χ2n) is 5.24. The summed E-state index contributed by atoms with van der Waals surface area (Å²) in [5.74, 6) is 0.156. The van der Waals surface area contributed by atoms with Crippen LogP contribution in [-0.2, 0) is 29.1 Å². The minimum Gasteiger partial charge on any atom is -0.452 e. The van der Waals surface area contributed by atoms with Crippen molar-refractivity contribution in [2.75, 3.05) is 6.61 Å². The summed E-state index contributed by atoms with van der Waals surface area (Å²) in [6, 6.07) is 5.90. The highest BCUT2D eigenvalue weighted by Crippen LogP contribution is 2.16. The molecule has 2 rings (SSSR count). The number of hydrogen-bond acceptors (Lipinski definition) is 6. The first-order chi connectivity index (χ1) is 11.9. The molecular weight excluding hydrogens is 341 g/mol. The highest BCUT2D eigenvalue weighted by atomic mass is 19.4. The number of rotatable bonds is 8. The summed E-state index contributed by atoms with van der Waals surface area (Å²) in [7, 11) is 0. The molecule has 0 N–H and O–H groups in total. The quantitative estimate of drug-likeness (QED) is 0.673. The topological polar surface area (TPSA) is 74.5 Å². The van der Waals surface area contributed by atoms with Crippen molar-refractivity contribution >= 4 is 5.97 Å². The highest BCUT2D eigenvalue weighted by Gasteiger charge is 2.27. The Bertz CT molecular complexity index is 683. The van der Waals surface area contributed by atoms with E-state index in [2.05, 4.69) is 14.9 Å².